The number of cyclic esters (lactones) is 1. The molecule has 5 fully saturated rings. The van der Waals surface area contributed by atoms with Gasteiger partial charge in [0.25, 0.3) is 0 Å². The summed E-state index contributed by atoms with van der Waals surface area (Å²) in [5.41, 5.74) is -1.27. The van der Waals surface area contributed by atoms with E-state index in [9.17, 15) is 14.4 Å². The lowest BCUT2D eigenvalue weighted by molar-refractivity contribution is -0.275. The number of carbonyl (C=O) groups is 3. The Bertz CT molecular complexity index is 746. The fourth-order valence-electron chi connectivity index (χ4n) is 7.55. The molecule has 1 heterocycles. The highest BCUT2D eigenvalue weighted by molar-refractivity contribution is 5.95. The van der Waals surface area contributed by atoms with Crippen LogP contribution in [0.1, 0.15) is 52.9 Å². The van der Waals surface area contributed by atoms with Crippen LogP contribution in [-0.2, 0) is 33.3 Å². The monoisotopic (exact) mass is 422 g/mol. The maximum Gasteiger partial charge on any atom is 0.310 e. The van der Waals surface area contributed by atoms with E-state index in [1.807, 2.05) is 0 Å². The van der Waals surface area contributed by atoms with Gasteiger partial charge in [0.05, 0.1) is 31.7 Å². The van der Waals surface area contributed by atoms with Gasteiger partial charge in [-0.1, -0.05) is 20.8 Å². The Labute approximate surface area is 178 Å². The van der Waals surface area contributed by atoms with Crippen molar-refractivity contribution >= 4 is 17.7 Å². The number of Topliss-reactive ketones (excluding diaryl/α,β-unsaturated/α-hetero) is 1. The lowest BCUT2D eigenvalue weighted by Gasteiger charge is -2.70. The van der Waals surface area contributed by atoms with Crippen molar-refractivity contribution in [1.29, 1.82) is 0 Å². The Hall–Kier alpha value is -1.47. The van der Waals surface area contributed by atoms with E-state index >= 15 is 0 Å². The minimum atomic E-state index is -0.749. The van der Waals surface area contributed by atoms with Gasteiger partial charge < -0.3 is 18.9 Å². The zero-order valence-corrected chi connectivity index (χ0v) is 18.7. The van der Waals surface area contributed by atoms with Gasteiger partial charge in [0.1, 0.15) is 12.6 Å². The van der Waals surface area contributed by atoms with Crippen molar-refractivity contribution in [3.63, 3.8) is 0 Å². The first-order valence-electron chi connectivity index (χ1n) is 11.0. The summed E-state index contributed by atoms with van der Waals surface area (Å²) in [6.07, 6.45) is 3.22. The predicted molar refractivity (Wildman–Crippen MR) is 106 cm³/mol. The fraction of sp³-hybridized carbons (Fsp3) is 0.870. The molecule has 7 atom stereocenters. The number of hydrogen-bond acceptors (Lipinski definition) is 7. The van der Waals surface area contributed by atoms with Crippen LogP contribution in [0.15, 0.2) is 0 Å². The first-order chi connectivity index (χ1) is 14.1. The van der Waals surface area contributed by atoms with Crippen molar-refractivity contribution < 1.29 is 33.3 Å². The molecule has 0 N–H and O–H groups in total. The van der Waals surface area contributed by atoms with Gasteiger partial charge in [-0.05, 0) is 37.0 Å². The van der Waals surface area contributed by atoms with Crippen LogP contribution in [-0.4, -0.2) is 51.4 Å². The summed E-state index contributed by atoms with van der Waals surface area (Å²) >= 11 is 0. The summed E-state index contributed by atoms with van der Waals surface area (Å²) in [5.74, 6) is -2.28. The summed E-state index contributed by atoms with van der Waals surface area (Å²) in [4.78, 5) is 39.1. The largest absolute Gasteiger partial charge is 0.469 e. The number of fused-ring (bicyclic) bond motifs is 2. The average molecular weight is 423 g/mol. The maximum absolute atomic E-state index is 13.2. The Balaban J connectivity index is 1.86. The molecule has 168 valence electrons. The molecule has 1 aliphatic heterocycles. The van der Waals surface area contributed by atoms with E-state index in [4.69, 9.17) is 18.9 Å². The standard InChI is InChI=1S/C23H34O7/c1-13-8-14(30-12-27-4)9-23(21(13,2)3)11-29-20(26)18-17(19(25)28-5)15-6-7-22(18,23)10-16(15)24/h13-15,17-18H,6-12H2,1-5H3/t13-,14+,15-,17+,18+,22-,23-/m1/s1. The molecule has 2 bridgehead atoms. The van der Waals surface area contributed by atoms with Gasteiger partial charge in [-0.3, -0.25) is 14.4 Å². The molecule has 0 amide bonds. The molecule has 7 nitrogen and oxygen atoms in total. The predicted octanol–water partition coefficient (Wildman–Crippen LogP) is 2.75. The molecule has 0 unspecified atom stereocenters. The first-order valence-corrected chi connectivity index (χ1v) is 11.0. The van der Waals surface area contributed by atoms with Gasteiger partial charge in [-0.25, -0.2) is 0 Å². The summed E-state index contributed by atoms with van der Waals surface area (Å²) < 4.78 is 22.1. The Morgan fingerprint density at radius 3 is 2.60 bits per heavy atom. The van der Waals surface area contributed by atoms with Gasteiger partial charge in [-0.15, -0.1) is 0 Å². The van der Waals surface area contributed by atoms with Crippen LogP contribution < -0.4 is 0 Å². The van der Waals surface area contributed by atoms with Crippen LogP contribution in [0.5, 0.6) is 0 Å². The molecule has 30 heavy (non-hydrogen) atoms. The second-order valence-corrected chi connectivity index (χ2v) is 10.4. The highest BCUT2D eigenvalue weighted by Gasteiger charge is 2.75. The molecule has 0 aromatic heterocycles. The number of carbonyl (C=O) groups excluding carboxylic acids is 3. The molecular weight excluding hydrogens is 388 g/mol. The van der Waals surface area contributed by atoms with E-state index in [0.717, 1.165) is 12.8 Å². The molecule has 7 heteroatoms. The van der Waals surface area contributed by atoms with E-state index in [0.29, 0.717) is 19.3 Å². The third-order valence-electron chi connectivity index (χ3n) is 9.41. The molecule has 5 rings (SSSR count). The highest BCUT2D eigenvalue weighted by atomic mass is 16.7. The molecule has 5 aliphatic rings. The first kappa shape index (κ1) is 21.8. The third-order valence-corrected chi connectivity index (χ3v) is 9.41. The van der Waals surface area contributed by atoms with E-state index in [1.165, 1.54) is 7.11 Å². The van der Waals surface area contributed by atoms with Gasteiger partial charge >= 0.3 is 11.9 Å². The number of ether oxygens (including phenoxy) is 4. The molecule has 0 aromatic rings. The van der Waals surface area contributed by atoms with Crippen molar-refractivity contribution in [2.24, 2.45) is 39.9 Å². The molecule has 0 aromatic carbocycles. The molecule has 0 radical (unpaired) electrons. The number of ketones is 1. The normalized spacial score (nSPS) is 44.5. The van der Waals surface area contributed by atoms with Crippen molar-refractivity contribution in [2.75, 3.05) is 27.6 Å². The number of esters is 2. The number of methoxy groups -OCH3 is 2. The summed E-state index contributed by atoms with van der Waals surface area (Å²) in [6.45, 7) is 7.13. The second-order valence-electron chi connectivity index (χ2n) is 10.4. The average Bonchev–Trinajstić information content (AvgIpc) is 2.71. The van der Waals surface area contributed by atoms with E-state index < -0.39 is 34.6 Å². The van der Waals surface area contributed by atoms with E-state index in [-0.39, 0.29) is 42.6 Å². The van der Waals surface area contributed by atoms with Crippen LogP contribution in [0.4, 0.5) is 0 Å². The van der Waals surface area contributed by atoms with Crippen LogP contribution in [0.3, 0.4) is 0 Å². The van der Waals surface area contributed by atoms with Crippen molar-refractivity contribution in [1.82, 2.24) is 0 Å². The SMILES string of the molecule is COCO[C@H]1C[C@@H](C)C(C)(C)[C@]2(COC(=O)[C@@H]3[C@@H](C(=O)OC)[C@@H]4CC[C@@]32CC4=O)C1. The summed E-state index contributed by atoms with van der Waals surface area (Å²) in [7, 11) is 2.93. The van der Waals surface area contributed by atoms with Gasteiger partial charge in [0.15, 0.2) is 0 Å². The Morgan fingerprint density at radius 1 is 1.23 bits per heavy atom. The lowest BCUT2D eigenvalue weighted by atomic mass is 9.34. The van der Waals surface area contributed by atoms with Gasteiger partial charge in [0.2, 0.25) is 0 Å². The Morgan fingerprint density at radius 2 is 1.97 bits per heavy atom. The van der Waals surface area contributed by atoms with Crippen LogP contribution in [0.2, 0.25) is 0 Å². The highest BCUT2D eigenvalue weighted by Crippen LogP contribution is 2.73. The minimum absolute atomic E-state index is 0.0499. The maximum atomic E-state index is 13.2. The summed E-state index contributed by atoms with van der Waals surface area (Å²) in [5, 5.41) is 0. The lowest BCUT2D eigenvalue weighted by Crippen LogP contribution is -2.73. The molecule has 1 saturated heterocycles. The smallest absolute Gasteiger partial charge is 0.310 e. The van der Waals surface area contributed by atoms with Crippen molar-refractivity contribution in [3.8, 4) is 0 Å². The van der Waals surface area contributed by atoms with Crippen molar-refractivity contribution in [3.05, 3.63) is 0 Å². The van der Waals surface area contributed by atoms with Gasteiger partial charge in [-0.2, -0.15) is 0 Å². The third kappa shape index (κ3) is 2.67. The minimum Gasteiger partial charge on any atom is -0.469 e. The topological polar surface area (TPSA) is 88.1 Å². The number of hydrogen-bond donors (Lipinski definition) is 0. The molecule has 4 aliphatic carbocycles. The van der Waals surface area contributed by atoms with Gasteiger partial charge in [0, 0.05) is 30.3 Å². The quantitative estimate of drug-likeness (QED) is 0.508. The number of rotatable bonds is 4. The zero-order valence-electron chi connectivity index (χ0n) is 18.7. The van der Waals surface area contributed by atoms with E-state index in [1.54, 1.807) is 7.11 Å². The van der Waals surface area contributed by atoms with Crippen LogP contribution >= 0.6 is 0 Å². The summed E-state index contributed by atoms with van der Waals surface area (Å²) in [6, 6.07) is 0. The Kier molecular flexibility index (Phi) is 5.29. The van der Waals surface area contributed by atoms with Crippen LogP contribution in [0.25, 0.3) is 0 Å². The second kappa shape index (κ2) is 7.30. The molecular formula is C23H34O7. The van der Waals surface area contributed by atoms with E-state index in [2.05, 4.69) is 20.8 Å². The van der Waals surface area contributed by atoms with Crippen molar-refractivity contribution in [2.45, 2.75) is 59.0 Å². The fourth-order valence-corrected chi connectivity index (χ4v) is 7.55. The molecule has 4 saturated carbocycles. The van der Waals surface area contributed by atoms with Crippen LogP contribution in [0, 0.1) is 39.9 Å². The zero-order chi connectivity index (χ0) is 21.9. The molecule has 2 spiro atoms.